The summed E-state index contributed by atoms with van der Waals surface area (Å²) in [4.78, 5) is 11.7. The number of allylic oxidation sites excluding steroid dienone is 1. The molecule has 1 N–H and O–H groups in total. The number of unbranched alkanes of at least 4 members (excludes halogenated alkanes) is 4. The lowest BCUT2D eigenvalue weighted by molar-refractivity contribution is -0.147. The largest absolute Gasteiger partial charge is 0.386 e. The summed E-state index contributed by atoms with van der Waals surface area (Å²) in [5.74, 6) is -0.582. The normalized spacial score (nSPS) is 23.3. The van der Waals surface area contributed by atoms with Crippen LogP contribution in [0.5, 0.6) is 0 Å². The van der Waals surface area contributed by atoms with Crippen LogP contribution in [0, 0.1) is 0 Å². The van der Waals surface area contributed by atoms with E-state index in [1.54, 1.807) is 0 Å². The van der Waals surface area contributed by atoms with Gasteiger partial charge >= 0.3 is 0 Å². The second-order valence-corrected chi connectivity index (χ2v) is 5.85. The van der Waals surface area contributed by atoms with Crippen LogP contribution in [-0.4, -0.2) is 35.5 Å². The minimum atomic E-state index is -0.791. The van der Waals surface area contributed by atoms with Gasteiger partial charge in [0.25, 0.3) is 0 Å². The quantitative estimate of drug-likeness (QED) is 0.522. The van der Waals surface area contributed by atoms with E-state index < -0.39 is 18.0 Å². The Morgan fingerprint density at radius 3 is 2.65 bits per heavy atom. The summed E-state index contributed by atoms with van der Waals surface area (Å²) >= 11 is 0. The van der Waals surface area contributed by atoms with Crippen molar-refractivity contribution in [1.29, 1.82) is 0 Å². The average Bonchev–Trinajstić information content (AvgIpc) is 2.76. The molecule has 1 fully saturated rings. The molecule has 1 saturated heterocycles. The number of hydrogen-bond acceptors (Lipinski definition) is 4. The van der Waals surface area contributed by atoms with Crippen LogP contribution < -0.4 is 0 Å². The van der Waals surface area contributed by atoms with Crippen molar-refractivity contribution in [1.82, 2.24) is 0 Å². The number of aliphatic hydroxyl groups excluding tert-OH is 1. The van der Waals surface area contributed by atoms with Crippen molar-refractivity contribution >= 4 is 5.78 Å². The van der Waals surface area contributed by atoms with E-state index in [4.69, 9.17) is 9.47 Å². The molecule has 1 aliphatic heterocycles. The summed E-state index contributed by atoms with van der Waals surface area (Å²) in [5, 5.41) is 9.93. The SMILES string of the molecule is CCCCCCCC(=O)C=CC(O)[C@H]1COC(C)(C)O1. The number of rotatable bonds is 9. The van der Waals surface area contributed by atoms with Crippen LogP contribution in [0.15, 0.2) is 12.2 Å². The highest BCUT2D eigenvalue weighted by atomic mass is 16.7. The van der Waals surface area contributed by atoms with E-state index in [0.717, 1.165) is 12.8 Å². The van der Waals surface area contributed by atoms with E-state index >= 15 is 0 Å². The maximum absolute atomic E-state index is 11.7. The van der Waals surface area contributed by atoms with E-state index in [0.29, 0.717) is 13.0 Å². The first-order chi connectivity index (χ1) is 9.44. The summed E-state index contributed by atoms with van der Waals surface area (Å²) < 4.78 is 10.9. The fourth-order valence-electron chi connectivity index (χ4n) is 2.20. The molecule has 1 rings (SSSR count). The molecule has 2 atom stereocenters. The van der Waals surface area contributed by atoms with E-state index in [1.807, 2.05) is 13.8 Å². The number of hydrogen-bond donors (Lipinski definition) is 1. The van der Waals surface area contributed by atoms with Gasteiger partial charge in [-0.2, -0.15) is 0 Å². The Morgan fingerprint density at radius 1 is 1.35 bits per heavy atom. The number of carbonyl (C=O) groups is 1. The van der Waals surface area contributed by atoms with Gasteiger partial charge in [-0.3, -0.25) is 4.79 Å². The second-order valence-electron chi connectivity index (χ2n) is 5.85. The van der Waals surface area contributed by atoms with Crippen molar-refractivity contribution in [2.45, 2.75) is 77.3 Å². The number of carbonyl (C=O) groups excluding carboxylic acids is 1. The molecule has 0 radical (unpaired) electrons. The van der Waals surface area contributed by atoms with E-state index in [1.165, 1.54) is 31.4 Å². The molecular formula is C16H28O4. The van der Waals surface area contributed by atoms with Gasteiger partial charge in [0.05, 0.1) is 6.61 Å². The standard InChI is InChI=1S/C16H28O4/c1-4-5-6-7-8-9-13(17)10-11-14(18)15-12-19-16(2,3)20-15/h10-11,14-15,18H,4-9,12H2,1-3H3/t14?,15-/m1/s1. The topological polar surface area (TPSA) is 55.8 Å². The molecule has 0 spiro atoms. The molecule has 0 amide bonds. The third kappa shape index (κ3) is 6.64. The van der Waals surface area contributed by atoms with Crippen molar-refractivity contribution in [2.24, 2.45) is 0 Å². The van der Waals surface area contributed by atoms with Crippen molar-refractivity contribution in [3.63, 3.8) is 0 Å². The highest BCUT2D eigenvalue weighted by Crippen LogP contribution is 2.24. The Morgan fingerprint density at radius 2 is 2.05 bits per heavy atom. The highest BCUT2D eigenvalue weighted by Gasteiger charge is 2.35. The van der Waals surface area contributed by atoms with E-state index in [-0.39, 0.29) is 5.78 Å². The molecule has 0 bridgehead atoms. The predicted molar refractivity (Wildman–Crippen MR) is 78.4 cm³/mol. The zero-order valence-electron chi connectivity index (χ0n) is 12.9. The minimum Gasteiger partial charge on any atom is -0.386 e. The number of ether oxygens (including phenoxy) is 2. The number of aliphatic hydroxyl groups is 1. The van der Waals surface area contributed by atoms with Crippen molar-refractivity contribution < 1.29 is 19.4 Å². The molecule has 4 heteroatoms. The molecule has 0 aliphatic carbocycles. The molecular weight excluding hydrogens is 256 g/mol. The molecule has 0 aromatic heterocycles. The first-order valence-corrected chi connectivity index (χ1v) is 7.65. The molecule has 1 heterocycles. The van der Waals surface area contributed by atoms with Crippen LogP contribution in [0.1, 0.15) is 59.3 Å². The Hall–Kier alpha value is -0.710. The van der Waals surface area contributed by atoms with Gasteiger partial charge in [-0.15, -0.1) is 0 Å². The Bertz CT molecular complexity index is 322. The van der Waals surface area contributed by atoms with Crippen LogP contribution in [-0.2, 0) is 14.3 Å². The summed E-state index contributed by atoms with van der Waals surface area (Å²) in [7, 11) is 0. The van der Waals surface area contributed by atoms with Gasteiger partial charge in [0, 0.05) is 6.42 Å². The lowest BCUT2D eigenvalue weighted by atomic mass is 10.1. The molecule has 116 valence electrons. The van der Waals surface area contributed by atoms with Gasteiger partial charge in [0.1, 0.15) is 12.2 Å². The molecule has 0 aromatic carbocycles. The van der Waals surface area contributed by atoms with Gasteiger partial charge < -0.3 is 14.6 Å². The molecule has 1 aliphatic rings. The van der Waals surface area contributed by atoms with Gasteiger partial charge in [-0.25, -0.2) is 0 Å². The van der Waals surface area contributed by atoms with Crippen molar-refractivity contribution in [2.75, 3.05) is 6.61 Å². The Labute approximate surface area is 122 Å². The van der Waals surface area contributed by atoms with E-state index in [9.17, 15) is 9.90 Å². The summed E-state index contributed by atoms with van der Waals surface area (Å²) in [5.41, 5.74) is 0. The molecule has 0 aromatic rings. The fourth-order valence-corrected chi connectivity index (χ4v) is 2.20. The summed E-state index contributed by atoms with van der Waals surface area (Å²) in [6.45, 7) is 6.14. The van der Waals surface area contributed by atoms with Gasteiger partial charge in [0.2, 0.25) is 0 Å². The van der Waals surface area contributed by atoms with Gasteiger partial charge in [0.15, 0.2) is 11.6 Å². The lowest BCUT2D eigenvalue weighted by Crippen LogP contribution is -2.29. The number of ketones is 1. The highest BCUT2D eigenvalue weighted by molar-refractivity contribution is 5.89. The summed E-state index contributed by atoms with van der Waals surface area (Å²) in [6.07, 6.45) is 8.03. The van der Waals surface area contributed by atoms with E-state index in [2.05, 4.69) is 6.92 Å². The van der Waals surface area contributed by atoms with Crippen LogP contribution >= 0.6 is 0 Å². The molecule has 4 nitrogen and oxygen atoms in total. The fraction of sp³-hybridized carbons (Fsp3) is 0.812. The van der Waals surface area contributed by atoms with Gasteiger partial charge in [-0.05, 0) is 32.4 Å². The zero-order chi connectivity index (χ0) is 15.0. The van der Waals surface area contributed by atoms with Crippen molar-refractivity contribution in [3.05, 3.63) is 12.2 Å². The molecule has 0 saturated carbocycles. The third-order valence-electron chi connectivity index (χ3n) is 3.42. The maximum atomic E-state index is 11.7. The molecule has 20 heavy (non-hydrogen) atoms. The van der Waals surface area contributed by atoms with Crippen molar-refractivity contribution in [3.8, 4) is 0 Å². The van der Waals surface area contributed by atoms with Gasteiger partial charge in [-0.1, -0.05) is 32.6 Å². The second kappa shape index (κ2) is 8.55. The first-order valence-electron chi connectivity index (χ1n) is 7.65. The first kappa shape index (κ1) is 17.3. The smallest absolute Gasteiger partial charge is 0.163 e. The summed E-state index contributed by atoms with van der Waals surface area (Å²) in [6, 6.07) is 0. The van der Waals surface area contributed by atoms with Crippen LogP contribution in [0.25, 0.3) is 0 Å². The maximum Gasteiger partial charge on any atom is 0.163 e. The monoisotopic (exact) mass is 284 g/mol. The van der Waals surface area contributed by atoms with Crippen LogP contribution in [0.3, 0.4) is 0 Å². The predicted octanol–water partition coefficient (Wildman–Crippen LogP) is 2.98. The lowest BCUT2D eigenvalue weighted by Gasteiger charge is -2.18. The third-order valence-corrected chi connectivity index (χ3v) is 3.42. The zero-order valence-corrected chi connectivity index (χ0v) is 12.9. The van der Waals surface area contributed by atoms with Crippen LogP contribution in [0.2, 0.25) is 0 Å². The Balaban J connectivity index is 2.20. The molecule has 1 unspecified atom stereocenters. The average molecular weight is 284 g/mol. The minimum absolute atomic E-state index is 0.0683. The van der Waals surface area contributed by atoms with Crippen LogP contribution in [0.4, 0.5) is 0 Å². The Kier molecular flexibility index (Phi) is 7.41.